The highest BCUT2D eigenvalue weighted by atomic mass is 32.2. The van der Waals surface area contributed by atoms with Gasteiger partial charge in [-0.3, -0.25) is 14.6 Å². The van der Waals surface area contributed by atoms with Crippen LogP contribution in [-0.4, -0.2) is 25.8 Å². The number of alkyl halides is 3. The Hall–Kier alpha value is -3.24. The van der Waals surface area contributed by atoms with Crippen LogP contribution in [0, 0.1) is 0 Å². The summed E-state index contributed by atoms with van der Waals surface area (Å²) in [4.78, 5) is 22.0. The number of pyridine rings is 1. The molecule has 0 atom stereocenters. The topological polar surface area (TPSA) is 76.6 Å². The molecule has 3 aromatic rings. The zero-order valence-corrected chi connectivity index (χ0v) is 17.0. The Labute approximate surface area is 176 Å². The standard InChI is InChI=1S/C21H17F3N2O4S/c1-2-30-26(31(28,29)16-8-4-3-5-9-16)19-12-11-15(21(22,23)24)14-17(19)20(27)18-10-6-7-13-25-18/h3-14H,2H2,1H3. The van der Waals surface area contributed by atoms with Gasteiger partial charge in [-0.1, -0.05) is 24.3 Å². The lowest BCUT2D eigenvalue weighted by Gasteiger charge is -2.25. The summed E-state index contributed by atoms with van der Waals surface area (Å²) in [6, 6.07) is 13.8. The van der Waals surface area contributed by atoms with E-state index in [-0.39, 0.29) is 22.9 Å². The van der Waals surface area contributed by atoms with Crippen LogP contribution < -0.4 is 4.47 Å². The van der Waals surface area contributed by atoms with Crippen LogP contribution in [0.3, 0.4) is 0 Å². The first kappa shape index (κ1) is 22.4. The van der Waals surface area contributed by atoms with Crippen LogP contribution in [0.15, 0.2) is 77.8 Å². The van der Waals surface area contributed by atoms with Crippen molar-refractivity contribution >= 4 is 21.5 Å². The highest BCUT2D eigenvalue weighted by Crippen LogP contribution is 2.35. The lowest BCUT2D eigenvalue weighted by Crippen LogP contribution is -2.33. The van der Waals surface area contributed by atoms with Gasteiger partial charge < -0.3 is 0 Å². The zero-order chi connectivity index (χ0) is 22.6. The van der Waals surface area contributed by atoms with E-state index in [1.165, 1.54) is 55.6 Å². The predicted molar refractivity (Wildman–Crippen MR) is 107 cm³/mol. The Bertz CT molecular complexity index is 1170. The summed E-state index contributed by atoms with van der Waals surface area (Å²) < 4.78 is 66.8. The lowest BCUT2D eigenvalue weighted by molar-refractivity contribution is -0.137. The van der Waals surface area contributed by atoms with Gasteiger partial charge in [-0.25, -0.2) is 0 Å². The Morgan fingerprint density at radius 3 is 2.29 bits per heavy atom. The van der Waals surface area contributed by atoms with Crippen molar-refractivity contribution in [2.24, 2.45) is 0 Å². The largest absolute Gasteiger partial charge is 0.416 e. The van der Waals surface area contributed by atoms with Crippen molar-refractivity contribution < 1.29 is 31.2 Å². The number of sulfonamides is 1. The third kappa shape index (κ3) is 4.75. The Morgan fingerprint density at radius 1 is 1.03 bits per heavy atom. The Kier molecular flexibility index (Phi) is 6.42. The molecular weight excluding hydrogens is 433 g/mol. The highest BCUT2D eigenvalue weighted by Gasteiger charge is 2.35. The fourth-order valence-electron chi connectivity index (χ4n) is 2.76. The first-order chi connectivity index (χ1) is 14.7. The summed E-state index contributed by atoms with van der Waals surface area (Å²) in [7, 11) is -4.35. The molecular formula is C21H17F3N2O4S. The molecule has 0 saturated heterocycles. The average Bonchev–Trinajstić information content (AvgIpc) is 2.77. The molecule has 1 aromatic heterocycles. The second-order valence-electron chi connectivity index (χ2n) is 6.24. The molecule has 0 fully saturated rings. The summed E-state index contributed by atoms with van der Waals surface area (Å²) in [6.45, 7) is 1.39. The molecule has 3 rings (SSSR count). The molecule has 0 aliphatic rings. The van der Waals surface area contributed by atoms with Gasteiger partial charge in [0, 0.05) is 6.20 Å². The number of hydrogen-bond donors (Lipinski definition) is 0. The van der Waals surface area contributed by atoms with Gasteiger partial charge in [-0.05, 0) is 49.4 Å². The number of halogens is 3. The molecule has 0 radical (unpaired) electrons. The molecule has 10 heteroatoms. The van der Waals surface area contributed by atoms with Crippen molar-refractivity contribution in [2.45, 2.75) is 18.0 Å². The third-order valence-electron chi connectivity index (χ3n) is 4.17. The SMILES string of the molecule is CCON(c1ccc(C(F)(F)F)cc1C(=O)c1ccccn1)S(=O)(=O)c1ccccc1. The molecule has 0 spiro atoms. The van der Waals surface area contributed by atoms with Crippen LogP contribution in [0.5, 0.6) is 0 Å². The van der Waals surface area contributed by atoms with Gasteiger partial charge >= 0.3 is 6.18 Å². The van der Waals surface area contributed by atoms with E-state index in [1.807, 2.05) is 0 Å². The lowest BCUT2D eigenvalue weighted by atomic mass is 10.0. The number of benzene rings is 2. The van der Waals surface area contributed by atoms with Crippen molar-refractivity contribution in [1.29, 1.82) is 0 Å². The van der Waals surface area contributed by atoms with Gasteiger partial charge in [0.2, 0.25) is 5.78 Å². The van der Waals surface area contributed by atoms with E-state index >= 15 is 0 Å². The Balaban J connectivity index is 2.23. The van der Waals surface area contributed by atoms with E-state index in [4.69, 9.17) is 4.84 Å². The van der Waals surface area contributed by atoms with Gasteiger partial charge in [0.1, 0.15) is 5.69 Å². The van der Waals surface area contributed by atoms with E-state index < -0.39 is 33.1 Å². The number of carbonyl (C=O) groups is 1. The van der Waals surface area contributed by atoms with Crippen LogP contribution in [-0.2, 0) is 21.0 Å². The van der Waals surface area contributed by atoms with E-state index in [2.05, 4.69) is 4.98 Å². The minimum atomic E-state index is -4.74. The van der Waals surface area contributed by atoms with Crippen LogP contribution >= 0.6 is 0 Å². The smallest absolute Gasteiger partial charge is 0.287 e. The number of nitrogens with zero attached hydrogens (tertiary/aromatic N) is 2. The van der Waals surface area contributed by atoms with Crippen molar-refractivity contribution in [3.8, 4) is 0 Å². The van der Waals surface area contributed by atoms with Crippen molar-refractivity contribution in [3.63, 3.8) is 0 Å². The van der Waals surface area contributed by atoms with Gasteiger partial charge in [-0.2, -0.15) is 21.6 Å². The minimum absolute atomic E-state index is 0.121. The van der Waals surface area contributed by atoms with Crippen LogP contribution in [0.4, 0.5) is 18.9 Å². The van der Waals surface area contributed by atoms with Crippen molar-refractivity contribution in [1.82, 2.24) is 4.98 Å². The van der Waals surface area contributed by atoms with Crippen molar-refractivity contribution in [3.05, 3.63) is 89.7 Å². The van der Waals surface area contributed by atoms with E-state index in [1.54, 1.807) is 6.07 Å². The van der Waals surface area contributed by atoms with Gasteiger partial charge in [0.05, 0.1) is 28.3 Å². The van der Waals surface area contributed by atoms with Gasteiger partial charge in [0.15, 0.2) is 0 Å². The maximum atomic E-state index is 13.3. The third-order valence-corrected chi connectivity index (χ3v) is 5.78. The number of aromatic nitrogens is 1. The minimum Gasteiger partial charge on any atom is -0.287 e. The predicted octanol–water partition coefficient (Wildman–Crippen LogP) is 4.48. The Morgan fingerprint density at radius 2 is 1.71 bits per heavy atom. The molecule has 6 nitrogen and oxygen atoms in total. The maximum Gasteiger partial charge on any atom is 0.416 e. The second kappa shape index (κ2) is 8.86. The first-order valence-electron chi connectivity index (χ1n) is 9.06. The summed E-state index contributed by atoms with van der Waals surface area (Å²) in [5.74, 6) is -0.880. The average molecular weight is 450 g/mol. The van der Waals surface area contributed by atoms with Crippen LogP contribution in [0.2, 0.25) is 0 Å². The number of rotatable bonds is 7. The fraction of sp³-hybridized carbons (Fsp3) is 0.143. The quantitative estimate of drug-likeness (QED) is 0.392. The molecule has 162 valence electrons. The number of anilines is 1. The first-order valence-corrected chi connectivity index (χ1v) is 10.5. The molecule has 0 aliphatic heterocycles. The number of hydrogen-bond acceptors (Lipinski definition) is 5. The fourth-order valence-corrected chi connectivity index (χ4v) is 4.12. The second-order valence-corrected chi connectivity index (χ2v) is 7.99. The van der Waals surface area contributed by atoms with E-state index in [0.29, 0.717) is 16.6 Å². The summed E-state index contributed by atoms with van der Waals surface area (Å²) in [5, 5.41) is 0. The molecule has 2 aromatic carbocycles. The molecule has 31 heavy (non-hydrogen) atoms. The molecule has 0 aliphatic carbocycles. The number of carbonyl (C=O) groups excluding carboxylic acids is 1. The van der Waals surface area contributed by atoms with E-state index in [9.17, 15) is 26.4 Å². The molecule has 0 N–H and O–H groups in total. The zero-order valence-electron chi connectivity index (χ0n) is 16.2. The van der Waals surface area contributed by atoms with Gasteiger partial charge in [-0.15, -0.1) is 4.47 Å². The molecule has 0 amide bonds. The van der Waals surface area contributed by atoms with Crippen molar-refractivity contribution in [2.75, 3.05) is 11.1 Å². The van der Waals surface area contributed by atoms with Gasteiger partial charge in [0.25, 0.3) is 10.0 Å². The molecule has 0 bridgehead atoms. The molecule has 1 heterocycles. The number of ketones is 1. The summed E-state index contributed by atoms with van der Waals surface area (Å²) >= 11 is 0. The molecule has 0 unspecified atom stereocenters. The van der Waals surface area contributed by atoms with Crippen LogP contribution in [0.25, 0.3) is 0 Å². The van der Waals surface area contributed by atoms with E-state index in [0.717, 1.165) is 6.07 Å². The highest BCUT2D eigenvalue weighted by molar-refractivity contribution is 7.92. The van der Waals surface area contributed by atoms with Crippen LogP contribution in [0.1, 0.15) is 28.5 Å². The maximum absolute atomic E-state index is 13.3. The molecule has 0 saturated carbocycles. The summed E-state index contributed by atoms with van der Waals surface area (Å²) in [6.07, 6.45) is -3.44. The summed E-state index contributed by atoms with van der Waals surface area (Å²) in [5.41, 5.74) is -2.11. The normalized spacial score (nSPS) is 11.9. The monoisotopic (exact) mass is 450 g/mol.